The molecule has 0 aromatic heterocycles. The lowest BCUT2D eigenvalue weighted by molar-refractivity contribution is 0.254. The van der Waals surface area contributed by atoms with Gasteiger partial charge in [-0.2, -0.15) is 0 Å². The van der Waals surface area contributed by atoms with Gasteiger partial charge in [0.15, 0.2) is 11.5 Å². The third-order valence-electron chi connectivity index (χ3n) is 4.89. The molecule has 5 nitrogen and oxygen atoms in total. The van der Waals surface area contributed by atoms with Crippen molar-refractivity contribution in [3.63, 3.8) is 0 Å². The zero-order valence-corrected chi connectivity index (χ0v) is 17.1. The molecule has 1 atom stereocenters. The summed E-state index contributed by atoms with van der Waals surface area (Å²) >= 11 is 6.39. The fourth-order valence-electron chi connectivity index (χ4n) is 3.64. The molecule has 2 aliphatic rings. The monoisotopic (exact) mass is 403 g/mol. The maximum Gasteiger partial charge on any atom is 0.179 e. The predicted molar refractivity (Wildman–Crippen MR) is 109 cm³/mol. The number of hydrogen-bond acceptors (Lipinski definition) is 5. The summed E-state index contributed by atoms with van der Waals surface area (Å²) in [6.45, 7) is 7.34. The summed E-state index contributed by atoms with van der Waals surface area (Å²) in [5, 5.41) is 4.07. The SMILES string of the molecule is CCOc1cc2c(cc1CNCc1cc(Cl)c3c(c1)OCCCO3)O[C@@H](C)C2. The van der Waals surface area contributed by atoms with Gasteiger partial charge in [-0.1, -0.05) is 11.6 Å². The maximum absolute atomic E-state index is 6.39. The van der Waals surface area contributed by atoms with Crippen LogP contribution < -0.4 is 24.3 Å². The minimum absolute atomic E-state index is 0.219. The summed E-state index contributed by atoms with van der Waals surface area (Å²) < 4.78 is 23.2. The molecule has 28 heavy (non-hydrogen) atoms. The van der Waals surface area contributed by atoms with E-state index in [0.717, 1.165) is 41.2 Å². The van der Waals surface area contributed by atoms with Crippen LogP contribution in [-0.4, -0.2) is 25.9 Å². The summed E-state index contributed by atoms with van der Waals surface area (Å²) in [5.74, 6) is 3.25. The lowest BCUT2D eigenvalue weighted by atomic mass is 10.1. The van der Waals surface area contributed by atoms with Crippen LogP contribution in [0.25, 0.3) is 0 Å². The molecular formula is C22H26ClNO4. The van der Waals surface area contributed by atoms with Crippen LogP contribution in [0.1, 0.15) is 37.0 Å². The Morgan fingerprint density at radius 3 is 2.82 bits per heavy atom. The van der Waals surface area contributed by atoms with Crippen LogP contribution in [0.4, 0.5) is 0 Å². The average molecular weight is 404 g/mol. The lowest BCUT2D eigenvalue weighted by Crippen LogP contribution is -2.14. The van der Waals surface area contributed by atoms with E-state index in [4.69, 9.17) is 30.5 Å². The smallest absolute Gasteiger partial charge is 0.179 e. The van der Waals surface area contributed by atoms with Crippen LogP contribution >= 0.6 is 11.6 Å². The van der Waals surface area contributed by atoms with E-state index in [9.17, 15) is 0 Å². The average Bonchev–Trinajstić information content (AvgIpc) is 2.86. The van der Waals surface area contributed by atoms with E-state index in [1.807, 2.05) is 19.1 Å². The Labute approximate surface area is 170 Å². The highest BCUT2D eigenvalue weighted by molar-refractivity contribution is 6.32. The maximum atomic E-state index is 6.39. The van der Waals surface area contributed by atoms with Crippen LogP contribution in [0.3, 0.4) is 0 Å². The van der Waals surface area contributed by atoms with Crippen LogP contribution in [0.2, 0.25) is 5.02 Å². The summed E-state index contributed by atoms with van der Waals surface area (Å²) in [4.78, 5) is 0. The Bertz CT molecular complexity index is 855. The van der Waals surface area contributed by atoms with Gasteiger partial charge in [-0.3, -0.25) is 0 Å². The summed E-state index contributed by atoms with van der Waals surface area (Å²) in [5.41, 5.74) is 3.36. The molecule has 150 valence electrons. The van der Waals surface area contributed by atoms with Crippen molar-refractivity contribution in [1.29, 1.82) is 0 Å². The quantitative estimate of drug-likeness (QED) is 0.768. The Morgan fingerprint density at radius 1 is 1.11 bits per heavy atom. The minimum atomic E-state index is 0.219. The highest BCUT2D eigenvalue weighted by atomic mass is 35.5. The zero-order chi connectivity index (χ0) is 19.5. The molecule has 0 unspecified atom stereocenters. The third-order valence-corrected chi connectivity index (χ3v) is 5.17. The van der Waals surface area contributed by atoms with Crippen molar-refractivity contribution in [1.82, 2.24) is 5.32 Å². The molecule has 1 N–H and O–H groups in total. The molecule has 0 bridgehead atoms. The van der Waals surface area contributed by atoms with Gasteiger partial charge >= 0.3 is 0 Å². The van der Waals surface area contributed by atoms with Gasteiger partial charge in [0.25, 0.3) is 0 Å². The topological polar surface area (TPSA) is 49.0 Å². The highest BCUT2D eigenvalue weighted by Gasteiger charge is 2.22. The first kappa shape index (κ1) is 19.2. The summed E-state index contributed by atoms with van der Waals surface area (Å²) in [7, 11) is 0. The van der Waals surface area contributed by atoms with Gasteiger partial charge < -0.3 is 24.3 Å². The van der Waals surface area contributed by atoms with Crippen LogP contribution in [0.5, 0.6) is 23.0 Å². The second-order valence-electron chi connectivity index (χ2n) is 7.19. The molecule has 2 heterocycles. The van der Waals surface area contributed by atoms with Gasteiger partial charge in [-0.05, 0) is 43.7 Å². The van der Waals surface area contributed by atoms with Crippen LogP contribution in [0.15, 0.2) is 24.3 Å². The molecule has 2 aromatic rings. The number of fused-ring (bicyclic) bond motifs is 2. The standard InChI is InChI=1S/C22H26ClNO4/c1-3-25-19-10-16-7-14(2)28-20(16)11-17(19)13-24-12-15-8-18(23)22-21(9-15)26-5-4-6-27-22/h8-11,14,24H,3-7,12-13H2,1-2H3/t14-/m0/s1. The fraction of sp³-hybridized carbons (Fsp3) is 0.455. The molecule has 2 aromatic carbocycles. The Balaban J connectivity index is 1.46. The largest absolute Gasteiger partial charge is 0.494 e. The second kappa shape index (κ2) is 8.50. The summed E-state index contributed by atoms with van der Waals surface area (Å²) in [6, 6.07) is 8.14. The Hall–Kier alpha value is -2.11. The minimum Gasteiger partial charge on any atom is -0.494 e. The van der Waals surface area contributed by atoms with E-state index in [2.05, 4.69) is 24.4 Å². The molecule has 0 fully saturated rings. The van der Waals surface area contributed by atoms with E-state index in [0.29, 0.717) is 43.7 Å². The number of nitrogens with one attached hydrogen (secondary N) is 1. The number of halogens is 1. The molecule has 0 saturated heterocycles. The molecule has 0 aliphatic carbocycles. The van der Waals surface area contributed by atoms with Gasteiger partial charge in [0.2, 0.25) is 0 Å². The van der Waals surface area contributed by atoms with Crippen LogP contribution in [0, 0.1) is 0 Å². The number of benzene rings is 2. The molecule has 0 amide bonds. The molecule has 0 saturated carbocycles. The van der Waals surface area contributed by atoms with E-state index in [1.165, 1.54) is 5.56 Å². The summed E-state index contributed by atoms with van der Waals surface area (Å²) in [6.07, 6.45) is 2.01. The molecule has 0 spiro atoms. The Morgan fingerprint density at radius 2 is 1.96 bits per heavy atom. The van der Waals surface area contributed by atoms with Crippen molar-refractivity contribution >= 4 is 11.6 Å². The fourth-order valence-corrected chi connectivity index (χ4v) is 3.93. The van der Waals surface area contributed by atoms with Gasteiger partial charge in [0.1, 0.15) is 17.6 Å². The normalized spacial score (nSPS) is 17.6. The van der Waals surface area contributed by atoms with Gasteiger partial charge in [0.05, 0.1) is 24.8 Å². The number of ether oxygens (including phenoxy) is 4. The lowest BCUT2D eigenvalue weighted by Gasteiger charge is -2.14. The van der Waals surface area contributed by atoms with Crippen molar-refractivity contribution in [3.05, 3.63) is 46.0 Å². The van der Waals surface area contributed by atoms with Crippen molar-refractivity contribution in [2.75, 3.05) is 19.8 Å². The van der Waals surface area contributed by atoms with Crippen LogP contribution in [-0.2, 0) is 19.5 Å². The highest BCUT2D eigenvalue weighted by Crippen LogP contribution is 2.38. The van der Waals surface area contributed by atoms with Crippen molar-refractivity contribution in [2.45, 2.75) is 45.9 Å². The number of rotatable bonds is 6. The molecule has 4 rings (SSSR count). The second-order valence-corrected chi connectivity index (χ2v) is 7.60. The molecular weight excluding hydrogens is 378 g/mol. The van der Waals surface area contributed by atoms with E-state index < -0.39 is 0 Å². The van der Waals surface area contributed by atoms with E-state index in [-0.39, 0.29) is 6.10 Å². The van der Waals surface area contributed by atoms with E-state index >= 15 is 0 Å². The van der Waals surface area contributed by atoms with Crippen molar-refractivity contribution in [2.24, 2.45) is 0 Å². The van der Waals surface area contributed by atoms with Crippen molar-refractivity contribution in [3.8, 4) is 23.0 Å². The predicted octanol–water partition coefficient (Wildman–Crippen LogP) is 4.51. The number of hydrogen-bond donors (Lipinski definition) is 1. The van der Waals surface area contributed by atoms with Gasteiger partial charge in [0, 0.05) is 37.1 Å². The van der Waals surface area contributed by atoms with Crippen molar-refractivity contribution < 1.29 is 18.9 Å². The first-order chi connectivity index (χ1) is 13.6. The first-order valence-corrected chi connectivity index (χ1v) is 10.3. The van der Waals surface area contributed by atoms with Gasteiger partial charge in [-0.15, -0.1) is 0 Å². The zero-order valence-electron chi connectivity index (χ0n) is 16.3. The first-order valence-electron chi connectivity index (χ1n) is 9.88. The molecule has 2 aliphatic heterocycles. The molecule has 6 heteroatoms. The van der Waals surface area contributed by atoms with E-state index in [1.54, 1.807) is 0 Å². The molecule has 0 radical (unpaired) electrons. The third kappa shape index (κ3) is 4.15. The van der Waals surface area contributed by atoms with Gasteiger partial charge in [-0.25, -0.2) is 0 Å². The Kier molecular flexibility index (Phi) is 5.83.